The summed E-state index contributed by atoms with van der Waals surface area (Å²) in [6.07, 6.45) is 1.34. The van der Waals surface area contributed by atoms with Crippen LogP contribution in [0.4, 0.5) is 4.79 Å². The fourth-order valence-corrected chi connectivity index (χ4v) is 1.65. The van der Waals surface area contributed by atoms with Gasteiger partial charge < -0.3 is 20.7 Å². The predicted octanol–water partition coefficient (Wildman–Crippen LogP) is 2.03. The monoisotopic (exact) mass is 307 g/mol. The molecule has 1 aliphatic heterocycles. The third-order valence-electron chi connectivity index (χ3n) is 2.25. The van der Waals surface area contributed by atoms with Crippen LogP contribution in [-0.4, -0.2) is 49.7 Å². The van der Waals surface area contributed by atoms with Crippen LogP contribution in [0.15, 0.2) is 0 Å². The van der Waals surface area contributed by atoms with E-state index < -0.39 is 5.60 Å². The van der Waals surface area contributed by atoms with Crippen LogP contribution in [0.5, 0.6) is 0 Å². The Morgan fingerprint density at radius 1 is 1.30 bits per heavy atom. The van der Waals surface area contributed by atoms with Gasteiger partial charge in [0.25, 0.3) is 0 Å². The van der Waals surface area contributed by atoms with Crippen molar-refractivity contribution in [3.05, 3.63) is 0 Å². The number of piperazine rings is 1. The van der Waals surface area contributed by atoms with Gasteiger partial charge in [0, 0.05) is 31.7 Å². The lowest BCUT2D eigenvalue weighted by molar-refractivity contribution is 0.0520. The van der Waals surface area contributed by atoms with E-state index in [0.717, 1.165) is 13.1 Å². The van der Waals surface area contributed by atoms with Crippen LogP contribution in [0, 0.1) is 0 Å². The van der Waals surface area contributed by atoms with E-state index in [1.807, 2.05) is 34.6 Å². The molecule has 0 saturated carbocycles. The topological polar surface area (TPSA) is 62.4 Å². The second-order valence-electron chi connectivity index (χ2n) is 5.31. The minimum atomic E-state index is -0.435. The predicted molar refractivity (Wildman–Crippen MR) is 89.8 cm³/mol. The van der Waals surface area contributed by atoms with E-state index in [1.54, 1.807) is 6.26 Å². The number of ether oxygens (including phenoxy) is 1. The van der Waals surface area contributed by atoms with Crippen molar-refractivity contribution in [2.24, 2.45) is 0 Å². The van der Waals surface area contributed by atoms with Crippen LogP contribution in [0.1, 0.15) is 41.5 Å². The molecule has 1 aliphatic rings. The zero-order valence-electron chi connectivity index (χ0n) is 14.0. The number of carbonyl (C=O) groups is 1. The van der Waals surface area contributed by atoms with E-state index >= 15 is 0 Å². The van der Waals surface area contributed by atoms with Gasteiger partial charge in [-0.3, -0.25) is 0 Å². The molecule has 2 unspecified atom stereocenters. The minimum absolute atomic E-state index is 0.274. The maximum Gasteiger partial charge on any atom is 0.407 e. The number of nitrogens with one attached hydrogen (secondary N) is 3. The van der Waals surface area contributed by atoms with Crippen molar-refractivity contribution in [1.29, 1.82) is 0 Å². The van der Waals surface area contributed by atoms with Crippen LogP contribution in [-0.2, 0) is 4.74 Å². The number of amides is 1. The first kappa shape index (κ1) is 21.8. The van der Waals surface area contributed by atoms with Crippen LogP contribution >= 0.6 is 12.6 Å². The third kappa shape index (κ3) is 12.6. The largest absolute Gasteiger partial charge is 0.444 e. The van der Waals surface area contributed by atoms with Crippen molar-refractivity contribution >= 4 is 18.7 Å². The van der Waals surface area contributed by atoms with Crippen molar-refractivity contribution < 1.29 is 9.53 Å². The summed E-state index contributed by atoms with van der Waals surface area (Å²) in [5.74, 6) is 0. The standard InChI is InChI=1S/C11H23N3O2.C2H6.CH4S/c1-8-5-12-6-9(14-8)7-13-10(15)16-11(2,3)4;2*1-2/h8-9,12,14H,5-7H2,1-4H3,(H,13,15);1-2H3;2H,1H3. The lowest BCUT2D eigenvalue weighted by Crippen LogP contribution is -2.57. The van der Waals surface area contributed by atoms with E-state index in [-0.39, 0.29) is 12.1 Å². The van der Waals surface area contributed by atoms with Gasteiger partial charge in [-0.1, -0.05) is 13.8 Å². The Morgan fingerprint density at radius 3 is 2.30 bits per heavy atom. The molecule has 5 nitrogen and oxygen atoms in total. The SMILES string of the molecule is CC.CC1CNCC(CNC(=O)OC(C)(C)C)N1.CS. The van der Waals surface area contributed by atoms with Crippen LogP contribution in [0.3, 0.4) is 0 Å². The van der Waals surface area contributed by atoms with Crippen molar-refractivity contribution in [3.63, 3.8) is 0 Å². The van der Waals surface area contributed by atoms with Gasteiger partial charge in [-0.25, -0.2) is 4.79 Å². The summed E-state index contributed by atoms with van der Waals surface area (Å²) in [4.78, 5) is 11.4. The highest BCUT2D eigenvalue weighted by Gasteiger charge is 2.20. The van der Waals surface area contributed by atoms with Gasteiger partial charge in [-0.2, -0.15) is 12.6 Å². The van der Waals surface area contributed by atoms with Gasteiger partial charge in [-0.15, -0.1) is 0 Å². The first-order chi connectivity index (χ1) is 9.37. The second-order valence-corrected chi connectivity index (χ2v) is 5.31. The molecule has 1 rings (SSSR count). The molecule has 1 amide bonds. The maximum atomic E-state index is 11.4. The molecule has 3 N–H and O–H groups in total. The fourth-order valence-electron chi connectivity index (χ4n) is 1.65. The summed E-state index contributed by atoms with van der Waals surface area (Å²) in [5, 5.41) is 9.47. The molecule has 1 fully saturated rings. The molecule has 0 radical (unpaired) electrons. The zero-order valence-corrected chi connectivity index (χ0v) is 14.9. The highest BCUT2D eigenvalue weighted by atomic mass is 32.1. The Hall–Kier alpha value is -0.460. The quantitative estimate of drug-likeness (QED) is 0.590. The fraction of sp³-hybridized carbons (Fsp3) is 0.929. The Bertz CT molecular complexity index is 245. The van der Waals surface area contributed by atoms with E-state index in [1.165, 1.54) is 0 Å². The number of alkyl carbamates (subject to hydrolysis) is 1. The van der Waals surface area contributed by atoms with Crippen LogP contribution < -0.4 is 16.0 Å². The number of thiol groups is 1. The molecule has 0 aliphatic carbocycles. The molecule has 2 atom stereocenters. The number of rotatable bonds is 2. The van der Waals surface area contributed by atoms with Gasteiger partial charge in [0.1, 0.15) is 5.60 Å². The van der Waals surface area contributed by atoms with Crippen molar-refractivity contribution in [1.82, 2.24) is 16.0 Å². The lowest BCUT2D eigenvalue weighted by Gasteiger charge is -2.30. The van der Waals surface area contributed by atoms with Gasteiger partial charge in [0.15, 0.2) is 0 Å². The van der Waals surface area contributed by atoms with Gasteiger partial charge in [0.05, 0.1) is 0 Å². The number of hydrogen-bond acceptors (Lipinski definition) is 5. The van der Waals surface area contributed by atoms with Crippen LogP contribution in [0.2, 0.25) is 0 Å². The Morgan fingerprint density at radius 2 is 1.85 bits per heavy atom. The smallest absolute Gasteiger partial charge is 0.407 e. The van der Waals surface area contributed by atoms with E-state index in [9.17, 15) is 4.79 Å². The summed E-state index contributed by atoms with van der Waals surface area (Å²) in [7, 11) is 0. The van der Waals surface area contributed by atoms with Gasteiger partial charge in [0.2, 0.25) is 0 Å². The third-order valence-corrected chi connectivity index (χ3v) is 2.25. The highest BCUT2D eigenvalue weighted by Crippen LogP contribution is 2.06. The van der Waals surface area contributed by atoms with Crippen molar-refractivity contribution in [2.75, 3.05) is 25.9 Å². The molecule has 6 heteroatoms. The molecule has 0 aromatic heterocycles. The molecular formula is C14H33N3O2S. The summed E-state index contributed by atoms with van der Waals surface area (Å²) >= 11 is 3.53. The highest BCUT2D eigenvalue weighted by molar-refractivity contribution is 7.79. The maximum absolute atomic E-state index is 11.4. The average molecular weight is 308 g/mol. The molecule has 0 bridgehead atoms. The zero-order chi connectivity index (χ0) is 16.2. The molecule has 1 heterocycles. The molecule has 20 heavy (non-hydrogen) atoms. The first-order valence-electron chi connectivity index (χ1n) is 7.25. The van der Waals surface area contributed by atoms with Crippen molar-refractivity contribution in [2.45, 2.75) is 59.2 Å². The van der Waals surface area contributed by atoms with Gasteiger partial charge in [-0.05, 0) is 34.0 Å². The van der Waals surface area contributed by atoms with E-state index in [0.29, 0.717) is 12.6 Å². The molecule has 0 aromatic carbocycles. The van der Waals surface area contributed by atoms with E-state index in [4.69, 9.17) is 4.74 Å². The minimum Gasteiger partial charge on any atom is -0.444 e. The summed E-state index contributed by atoms with van der Waals surface area (Å²) in [6, 6.07) is 0.718. The Kier molecular flexibility index (Phi) is 13.4. The second kappa shape index (κ2) is 12.3. The normalized spacial score (nSPS) is 21.6. The molecule has 0 spiro atoms. The summed E-state index contributed by atoms with van der Waals surface area (Å²) < 4.78 is 5.16. The summed E-state index contributed by atoms with van der Waals surface area (Å²) in [6.45, 7) is 14.1. The van der Waals surface area contributed by atoms with Crippen molar-refractivity contribution in [3.8, 4) is 0 Å². The van der Waals surface area contributed by atoms with Gasteiger partial charge >= 0.3 is 6.09 Å². The summed E-state index contributed by atoms with van der Waals surface area (Å²) in [5.41, 5.74) is -0.435. The first-order valence-corrected chi connectivity index (χ1v) is 8.14. The van der Waals surface area contributed by atoms with E-state index in [2.05, 4.69) is 35.5 Å². The molecule has 0 aromatic rings. The molecule has 122 valence electrons. The average Bonchev–Trinajstić information content (AvgIpc) is 2.39. The number of carbonyl (C=O) groups excluding carboxylic acids is 1. The number of hydrogen-bond donors (Lipinski definition) is 4. The lowest BCUT2D eigenvalue weighted by atomic mass is 10.2. The molecular weight excluding hydrogens is 274 g/mol. The Balaban J connectivity index is 0. The Labute approximate surface area is 130 Å². The molecule has 1 saturated heterocycles. The van der Waals surface area contributed by atoms with Crippen LogP contribution in [0.25, 0.3) is 0 Å².